The van der Waals surface area contributed by atoms with E-state index in [1.807, 2.05) is 56.3 Å². The molecule has 0 saturated heterocycles. The minimum absolute atomic E-state index is 0.0984. The number of sulfonamides is 1. The van der Waals surface area contributed by atoms with Crippen LogP contribution in [0.1, 0.15) is 24.5 Å². The number of hydrogen-bond donors (Lipinski definition) is 1. The molecule has 4 heteroatoms. The molecule has 0 spiro atoms. The zero-order valence-electron chi connectivity index (χ0n) is 12.4. The van der Waals surface area contributed by atoms with Gasteiger partial charge < -0.3 is 0 Å². The Kier molecular flexibility index (Phi) is 5.15. The lowest BCUT2D eigenvalue weighted by Gasteiger charge is -2.17. The number of benzene rings is 2. The summed E-state index contributed by atoms with van der Waals surface area (Å²) in [5.41, 5.74) is 2.18. The van der Waals surface area contributed by atoms with Crippen LogP contribution < -0.4 is 4.72 Å². The van der Waals surface area contributed by atoms with E-state index in [1.165, 1.54) is 0 Å². The van der Waals surface area contributed by atoms with Crippen molar-refractivity contribution in [2.45, 2.75) is 37.6 Å². The third-order valence-corrected chi connectivity index (χ3v) is 5.01. The summed E-state index contributed by atoms with van der Waals surface area (Å²) >= 11 is 0. The second-order valence-corrected chi connectivity index (χ2v) is 6.94. The van der Waals surface area contributed by atoms with Gasteiger partial charge in [-0.25, -0.2) is 13.1 Å². The summed E-state index contributed by atoms with van der Waals surface area (Å²) in [4.78, 5) is 0.319. The van der Waals surface area contributed by atoms with E-state index in [0.29, 0.717) is 11.3 Å². The highest BCUT2D eigenvalue weighted by molar-refractivity contribution is 7.89. The molecule has 2 aromatic carbocycles. The standard InChI is InChI=1S/C17H21NO2S/c1-3-16(13-15-7-5-4-6-8-15)18-21(19,20)17-11-9-14(2)10-12-17/h4-12,16,18H,3,13H2,1-2H3. The highest BCUT2D eigenvalue weighted by Gasteiger charge is 2.19. The zero-order chi connectivity index (χ0) is 15.3. The highest BCUT2D eigenvalue weighted by Crippen LogP contribution is 2.13. The molecule has 0 aliphatic rings. The van der Waals surface area contributed by atoms with E-state index in [4.69, 9.17) is 0 Å². The molecule has 3 nitrogen and oxygen atoms in total. The smallest absolute Gasteiger partial charge is 0.208 e. The molecule has 0 saturated carbocycles. The average molecular weight is 303 g/mol. The Morgan fingerprint density at radius 3 is 2.19 bits per heavy atom. The maximum absolute atomic E-state index is 12.4. The molecule has 2 aromatic rings. The minimum Gasteiger partial charge on any atom is -0.208 e. The van der Waals surface area contributed by atoms with E-state index in [9.17, 15) is 8.42 Å². The molecule has 0 fully saturated rings. The molecule has 2 rings (SSSR count). The predicted molar refractivity (Wildman–Crippen MR) is 85.7 cm³/mol. The summed E-state index contributed by atoms with van der Waals surface area (Å²) in [6.07, 6.45) is 1.45. The van der Waals surface area contributed by atoms with Crippen LogP contribution in [0.2, 0.25) is 0 Å². The van der Waals surface area contributed by atoms with Crippen LogP contribution in [0.4, 0.5) is 0 Å². The Balaban J connectivity index is 2.12. The largest absolute Gasteiger partial charge is 0.240 e. The lowest BCUT2D eigenvalue weighted by atomic mass is 10.1. The van der Waals surface area contributed by atoms with Crippen molar-refractivity contribution < 1.29 is 8.42 Å². The Morgan fingerprint density at radius 2 is 1.62 bits per heavy atom. The summed E-state index contributed by atoms with van der Waals surface area (Å²) < 4.78 is 27.6. The van der Waals surface area contributed by atoms with E-state index in [1.54, 1.807) is 12.1 Å². The van der Waals surface area contributed by atoms with E-state index >= 15 is 0 Å². The maximum atomic E-state index is 12.4. The van der Waals surface area contributed by atoms with Gasteiger partial charge in [0, 0.05) is 6.04 Å². The van der Waals surface area contributed by atoms with Crippen molar-refractivity contribution in [3.05, 3.63) is 65.7 Å². The van der Waals surface area contributed by atoms with Crippen molar-refractivity contribution in [1.82, 2.24) is 4.72 Å². The van der Waals surface area contributed by atoms with Gasteiger partial charge in [0.15, 0.2) is 0 Å². The van der Waals surface area contributed by atoms with E-state index < -0.39 is 10.0 Å². The summed E-state index contributed by atoms with van der Waals surface area (Å²) in [5.74, 6) is 0. The number of rotatable bonds is 6. The van der Waals surface area contributed by atoms with E-state index in [2.05, 4.69) is 4.72 Å². The summed E-state index contributed by atoms with van der Waals surface area (Å²) in [6.45, 7) is 3.93. The van der Waals surface area contributed by atoms with Crippen molar-refractivity contribution in [1.29, 1.82) is 0 Å². The average Bonchev–Trinajstić information content (AvgIpc) is 2.48. The second-order valence-electron chi connectivity index (χ2n) is 5.23. The summed E-state index contributed by atoms with van der Waals surface area (Å²) in [7, 11) is -3.46. The quantitative estimate of drug-likeness (QED) is 0.890. The van der Waals surface area contributed by atoms with Crippen LogP contribution in [0.25, 0.3) is 0 Å². The molecule has 0 aliphatic heterocycles. The van der Waals surface area contributed by atoms with Gasteiger partial charge in [-0.3, -0.25) is 0 Å². The van der Waals surface area contributed by atoms with Crippen molar-refractivity contribution in [3.63, 3.8) is 0 Å². The van der Waals surface area contributed by atoms with E-state index in [-0.39, 0.29) is 6.04 Å². The molecule has 21 heavy (non-hydrogen) atoms. The molecular weight excluding hydrogens is 282 g/mol. The van der Waals surface area contributed by atoms with Crippen LogP contribution >= 0.6 is 0 Å². The third kappa shape index (κ3) is 4.41. The van der Waals surface area contributed by atoms with Crippen LogP contribution in [0.3, 0.4) is 0 Å². The fourth-order valence-electron chi connectivity index (χ4n) is 2.17. The molecule has 0 radical (unpaired) electrons. The molecule has 0 heterocycles. The number of aryl methyl sites for hydroxylation is 1. The molecule has 0 amide bonds. The molecule has 0 bridgehead atoms. The van der Waals surface area contributed by atoms with Crippen LogP contribution in [0.5, 0.6) is 0 Å². The lowest BCUT2D eigenvalue weighted by molar-refractivity contribution is 0.537. The molecule has 1 unspecified atom stereocenters. The van der Waals surface area contributed by atoms with Crippen molar-refractivity contribution in [2.75, 3.05) is 0 Å². The third-order valence-electron chi connectivity index (χ3n) is 3.47. The lowest BCUT2D eigenvalue weighted by Crippen LogP contribution is -2.35. The first-order chi connectivity index (χ1) is 10.0. The minimum atomic E-state index is -3.46. The van der Waals surface area contributed by atoms with Gasteiger partial charge in [-0.15, -0.1) is 0 Å². The summed E-state index contributed by atoms with van der Waals surface area (Å²) in [6, 6.07) is 16.7. The van der Waals surface area contributed by atoms with Gasteiger partial charge in [0.25, 0.3) is 0 Å². The van der Waals surface area contributed by atoms with Gasteiger partial charge in [0.05, 0.1) is 4.90 Å². The molecular formula is C17H21NO2S. The first-order valence-electron chi connectivity index (χ1n) is 7.14. The molecule has 1 N–H and O–H groups in total. The fraction of sp³-hybridized carbons (Fsp3) is 0.294. The van der Waals surface area contributed by atoms with Crippen molar-refractivity contribution >= 4 is 10.0 Å². The van der Waals surface area contributed by atoms with E-state index in [0.717, 1.165) is 17.5 Å². The molecule has 0 aliphatic carbocycles. The van der Waals surface area contributed by atoms with Gasteiger partial charge in [0.2, 0.25) is 10.0 Å². The number of hydrogen-bond acceptors (Lipinski definition) is 2. The van der Waals surface area contributed by atoms with Crippen LogP contribution in [-0.4, -0.2) is 14.5 Å². The van der Waals surface area contributed by atoms with Gasteiger partial charge in [-0.2, -0.15) is 0 Å². The normalized spacial score (nSPS) is 13.0. The Bertz CT molecular complexity index is 664. The predicted octanol–water partition coefficient (Wildman–Crippen LogP) is 3.29. The maximum Gasteiger partial charge on any atom is 0.240 e. The zero-order valence-corrected chi connectivity index (χ0v) is 13.2. The Morgan fingerprint density at radius 1 is 1.00 bits per heavy atom. The van der Waals surface area contributed by atoms with Crippen molar-refractivity contribution in [3.8, 4) is 0 Å². The SMILES string of the molecule is CCC(Cc1ccccc1)NS(=O)(=O)c1ccc(C)cc1. The van der Waals surface area contributed by atoms with Gasteiger partial charge in [0.1, 0.15) is 0 Å². The fourth-order valence-corrected chi connectivity index (χ4v) is 3.49. The van der Waals surface area contributed by atoms with Gasteiger partial charge >= 0.3 is 0 Å². The first-order valence-corrected chi connectivity index (χ1v) is 8.62. The monoisotopic (exact) mass is 303 g/mol. The van der Waals surface area contributed by atoms with Crippen LogP contribution in [0, 0.1) is 6.92 Å². The Labute approximate surface area is 127 Å². The molecule has 0 aromatic heterocycles. The first kappa shape index (κ1) is 15.7. The highest BCUT2D eigenvalue weighted by atomic mass is 32.2. The second kappa shape index (κ2) is 6.87. The van der Waals surface area contributed by atoms with Crippen LogP contribution in [0.15, 0.2) is 59.5 Å². The van der Waals surface area contributed by atoms with Crippen LogP contribution in [-0.2, 0) is 16.4 Å². The Hall–Kier alpha value is -1.65. The summed E-state index contributed by atoms with van der Waals surface area (Å²) in [5, 5.41) is 0. The molecule has 112 valence electrons. The van der Waals surface area contributed by atoms with Gasteiger partial charge in [-0.1, -0.05) is 55.0 Å². The topological polar surface area (TPSA) is 46.2 Å². The van der Waals surface area contributed by atoms with Crippen molar-refractivity contribution in [2.24, 2.45) is 0 Å². The molecule has 1 atom stereocenters. The van der Waals surface area contributed by atoms with Gasteiger partial charge in [-0.05, 0) is 37.5 Å². The number of nitrogens with one attached hydrogen (secondary N) is 1.